The zero-order chi connectivity index (χ0) is 17.4. The molecule has 0 aliphatic heterocycles. The molecule has 0 radical (unpaired) electrons. The van der Waals surface area contributed by atoms with Gasteiger partial charge < -0.3 is 20.6 Å². The van der Waals surface area contributed by atoms with Crippen molar-refractivity contribution in [1.82, 2.24) is 19.1 Å². The molecular formula is C18H22N6. The molecule has 0 amide bonds. The first kappa shape index (κ1) is 15.9. The van der Waals surface area contributed by atoms with Gasteiger partial charge in [-0.1, -0.05) is 12.1 Å². The van der Waals surface area contributed by atoms with Crippen LogP contribution in [0.4, 0.5) is 11.9 Å². The second-order valence-corrected chi connectivity index (χ2v) is 6.04. The average molecular weight is 322 g/mol. The summed E-state index contributed by atoms with van der Waals surface area (Å²) in [7, 11) is 3.84. The van der Waals surface area contributed by atoms with Crippen LogP contribution in [-0.4, -0.2) is 19.1 Å². The van der Waals surface area contributed by atoms with E-state index in [1.165, 1.54) is 11.1 Å². The molecule has 6 heteroatoms. The van der Waals surface area contributed by atoms with Crippen molar-refractivity contribution in [3.8, 4) is 0 Å². The highest BCUT2D eigenvalue weighted by Crippen LogP contribution is 2.17. The molecule has 2 aromatic heterocycles. The van der Waals surface area contributed by atoms with Crippen LogP contribution in [0, 0.1) is 13.8 Å². The van der Waals surface area contributed by atoms with E-state index < -0.39 is 0 Å². The van der Waals surface area contributed by atoms with E-state index in [1.54, 1.807) is 0 Å². The molecular weight excluding hydrogens is 300 g/mol. The standard InChI is InChI=1S/2C9H11N3/c2*1-6-3-4-7-8(5-6)12(2)9(10)11-7/h2*3-5H,1-2H3,(H2,10,11). The average Bonchev–Trinajstić information content (AvgIpc) is 2.99. The van der Waals surface area contributed by atoms with Crippen LogP contribution in [0.25, 0.3) is 22.1 Å². The predicted molar refractivity (Wildman–Crippen MR) is 99.7 cm³/mol. The van der Waals surface area contributed by atoms with Crippen LogP contribution in [0.5, 0.6) is 0 Å². The van der Waals surface area contributed by atoms with E-state index in [0.717, 1.165) is 22.1 Å². The zero-order valence-corrected chi connectivity index (χ0v) is 14.4. The Morgan fingerprint density at radius 2 is 1.08 bits per heavy atom. The summed E-state index contributed by atoms with van der Waals surface area (Å²) in [6.45, 7) is 4.12. The van der Waals surface area contributed by atoms with Crippen LogP contribution >= 0.6 is 0 Å². The maximum atomic E-state index is 5.65. The number of benzene rings is 2. The van der Waals surface area contributed by atoms with Crippen molar-refractivity contribution < 1.29 is 0 Å². The molecule has 0 aliphatic carbocycles. The SMILES string of the molecule is Cc1ccc2nc(N)n(C)c2c1.Cc1ccc2nc(N)n(C)c2c1. The molecule has 0 aliphatic rings. The number of aromatic nitrogens is 4. The summed E-state index contributed by atoms with van der Waals surface area (Å²) in [5.41, 5.74) is 17.9. The van der Waals surface area contributed by atoms with Crippen LogP contribution in [0.2, 0.25) is 0 Å². The minimum Gasteiger partial charge on any atom is -0.369 e. The fraction of sp³-hybridized carbons (Fsp3) is 0.222. The highest BCUT2D eigenvalue weighted by Gasteiger charge is 2.03. The lowest BCUT2D eigenvalue weighted by Crippen LogP contribution is -1.96. The number of fused-ring (bicyclic) bond motifs is 2. The van der Waals surface area contributed by atoms with Gasteiger partial charge in [0.2, 0.25) is 11.9 Å². The Bertz CT molecular complexity index is 941. The smallest absolute Gasteiger partial charge is 0.200 e. The highest BCUT2D eigenvalue weighted by atomic mass is 15.1. The zero-order valence-electron chi connectivity index (χ0n) is 14.4. The number of anilines is 2. The van der Waals surface area contributed by atoms with Crippen LogP contribution in [0.1, 0.15) is 11.1 Å². The Morgan fingerprint density at radius 1 is 0.708 bits per heavy atom. The Morgan fingerprint density at radius 3 is 1.46 bits per heavy atom. The normalized spacial score (nSPS) is 10.8. The third-order valence-corrected chi connectivity index (χ3v) is 4.14. The van der Waals surface area contributed by atoms with Gasteiger partial charge in [0.05, 0.1) is 22.1 Å². The minimum atomic E-state index is 0.565. The van der Waals surface area contributed by atoms with Gasteiger partial charge in [-0.05, 0) is 49.2 Å². The molecule has 124 valence electrons. The Hall–Kier alpha value is -3.02. The fourth-order valence-corrected chi connectivity index (χ4v) is 2.64. The third-order valence-electron chi connectivity index (χ3n) is 4.14. The van der Waals surface area contributed by atoms with Crippen molar-refractivity contribution in [3.63, 3.8) is 0 Å². The first-order valence-corrected chi connectivity index (χ1v) is 7.74. The van der Waals surface area contributed by atoms with Gasteiger partial charge in [-0.3, -0.25) is 0 Å². The van der Waals surface area contributed by atoms with E-state index in [2.05, 4.69) is 35.9 Å². The number of imidazole rings is 2. The summed E-state index contributed by atoms with van der Waals surface area (Å²) in [6, 6.07) is 12.2. The fourth-order valence-electron chi connectivity index (χ4n) is 2.64. The van der Waals surface area contributed by atoms with Crippen molar-refractivity contribution in [3.05, 3.63) is 47.5 Å². The molecule has 4 aromatic rings. The molecule has 4 N–H and O–H groups in total. The molecule has 0 saturated heterocycles. The number of hydrogen-bond acceptors (Lipinski definition) is 4. The minimum absolute atomic E-state index is 0.565. The summed E-state index contributed by atoms with van der Waals surface area (Å²) in [4.78, 5) is 8.39. The van der Waals surface area contributed by atoms with Gasteiger partial charge in [-0.15, -0.1) is 0 Å². The van der Waals surface area contributed by atoms with E-state index in [4.69, 9.17) is 11.5 Å². The molecule has 4 rings (SSSR count). The highest BCUT2D eigenvalue weighted by molar-refractivity contribution is 5.79. The quantitative estimate of drug-likeness (QED) is 0.521. The Labute approximate surface area is 140 Å². The topological polar surface area (TPSA) is 87.7 Å². The van der Waals surface area contributed by atoms with E-state index in [-0.39, 0.29) is 0 Å². The van der Waals surface area contributed by atoms with E-state index in [9.17, 15) is 0 Å². The Kier molecular flexibility index (Phi) is 3.89. The molecule has 0 bridgehead atoms. The van der Waals surface area contributed by atoms with Gasteiger partial charge in [0, 0.05) is 14.1 Å². The molecule has 0 atom stereocenters. The number of aryl methyl sites for hydroxylation is 4. The summed E-state index contributed by atoms with van der Waals surface area (Å²) < 4.78 is 3.78. The number of hydrogen-bond donors (Lipinski definition) is 2. The van der Waals surface area contributed by atoms with Crippen LogP contribution in [-0.2, 0) is 14.1 Å². The lowest BCUT2D eigenvalue weighted by Gasteiger charge is -1.96. The lowest BCUT2D eigenvalue weighted by atomic mass is 10.2. The maximum absolute atomic E-state index is 5.65. The second kappa shape index (κ2) is 5.88. The lowest BCUT2D eigenvalue weighted by molar-refractivity contribution is 0.964. The van der Waals surface area contributed by atoms with Crippen LogP contribution in [0.3, 0.4) is 0 Å². The largest absolute Gasteiger partial charge is 0.369 e. The number of rotatable bonds is 0. The van der Waals surface area contributed by atoms with Crippen molar-refractivity contribution >= 4 is 34.0 Å². The van der Waals surface area contributed by atoms with E-state index in [0.29, 0.717) is 11.9 Å². The molecule has 0 spiro atoms. The first-order valence-electron chi connectivity index (χ1n) is 7.74. The van der Waals surface area contributed by atoms with E-state index in [1.807, 2.05) is 47.5 Å². The maximum Gasteiger partial charge on any atom is 0.200 e. The predicted octanol–water partition coefficient (Wildman–Crippen LogP) is 2.93. The van der Waals surface area contributed by atoms with Crippen molar-refractivity contribution in [2.45, 2.75) is 13.8 Å². The molecule has 2 aromatic carbocycles. The van der Waals surface area contributed by atoms with Crippen molar-refractivity contribution in [2.75, 3.05) is 11.5 Å². The summed E-state index contributed by atoms with van der Waals surface area (Å²) in [5.74, 6) is 1.13. The number of nitrogens with two attached hydrogens (primary N) is 2. The molecule has 2 heterocycles. The molecule has 0 fully saturated rings. The Balaban J connectivity index is 0.000000141. The molecule has 0 saturated carbocycles. The summed E-state index contributed by atoms with van der Waals surface area (Å²) >= 11 is 0. The number of nitrogen functional groups attached to an aromatic ring is 2. The van der Waals surface area contributed by atoms with Crippen LogP contribution < -0.4 is 11.5 Å². The monoisotopic (exact) mass is 322 g/mol. The van der Waals surface area contributed by atoms with Gasteiger partial charge in [0.1, 0.15) is 0 Å². The van der Waals surface area contributed by atoms with Crippen molar-refractivity contribution in [2.24, 2.45) is 14.1 Å². The second-order valence-electron chi connectivity index (χ2n) is 6.04. The van der Waals surface area contributed by atoms with Gasteiger partial charge in [-0.25, -0.2) is 9.97 Å². The molecule has 0 unspecified atom stereocenters. The van der Waals surface area contributed by atoms with Gasteiger partial charge in [-0.2, -0.15) is 0 Å². The summed E-state index contributed by atoms with van der Waals surface area (Å²) in [6.07, 6.45) is 0. The number of nitrogens with zero attached hydrogens (tertiary/aromatic N) is 4. The molecule has 6 nitrogen and oxygen atoms in total. The van der Waals surface area contributed by atoms with Crippen molar-refractivity contribution in [1.29, 1.82) is 0 Å². The third kappa shape index (κ3) is 2.78. The first-order chi connectivity index (χ1) is 11.4. The van der Waals surface area contributed by atoms with Gasteiger partial charge in [0.25, 0.3) is 0 Å². The van der Waals surface area contributed by atoms with E-state index >= 15 is 0 Å². The van der Waals surface area contributed by atoms with Crippen LogP contribution in [0.15, 0.2) is 36.4 Å². The van der Waals surface area contributed by atoms with Gasteiger partial charge in [0.15, 0.2) is 0 Å². The van der Waals surface area contributed by atoms with Gasteiger partial charge >= 0.3 is 0 Å². The molecule has 24 heavy (non-hydrogen) atoms. The summed E-state index contributed by atoms with van der Waals surface area (Å²) in [5, 5.41) is 0.